The molecule has 0 bridgehead atoms. The van der Waals surface area contributed by atoms with Crippen molar-refractivity contribution in [2.75, 3.05) is 5.73 Å². The van der Waals surface area contributed by atoms with E-state index in [0.29, 0.717) is 11.0 Å². The second kappa shape index (κ2) is 7.48. The van der Waals surface area contributed by atoms with E-state index in [1.807, 2.05) is 32.2 Å². The molecule has 3 atom stereocenters. The van der Waals surface area contributed by atoms with Crippen molar-refractivity contribution in [3.63, 3.8) is 0 Å². The van der Waals surface area contributed by atoms with E-state index < -0.39 is 5.79 Å². The summed E-state index contributed by atoms with van der Waals surface area (Å²) in [5, 5.41) is 1.27. The summed E-state index contributed by atoms with van der Waals surface area (Å²) in [5.41, 5.74) is 10.6. The standard InChI is InChI=1S/C24H23ClN6O2/c1-24(2)32-20-14(5-3-13-4-6-16-17(9-13)30-19(26)11-27-16)10-18(21(20)33-24)31-8-7-15-22(25)28-12-29-23(15)31/h4,6-12,18,20-21H,3,5H2,1-2H3,(H2,26,30)/t18-,20-,21+/m1/s1. The van der Waals surface area contributed by atoms with Crippen LogP contribution < -0.4 is 5.73 Å². The normalized spacial score (nSPS) is 23.8. The van der Waals surface area contributed by atoms with Crippen LogP contribution in [0.25, 0.3) is 22.1 Å². The molecule has 2 aliphatic rings. The van der Waals surface area contributed by atoms with Gasteiger partial charge in [-0.25, -0.2) is 15.0 Å². The van der Waals surface area contributed by atoms with Gasteiger partial charge < -0.3 is 19.8 Å². The molecule has 168 valence electrons. The zero-order chi connectivity index (χ0) is 22.7. The smallest absolute Gasteiger partial charge is 0.164 e. The van der Waals surface area contributed by atoms with E-state index in [4.69, 9.17) is 26.8 Å². The Balaban J connectivity index is 1.32. The van der Waals surface area contributed by atoms with Gasteiger partial charge in [0, 0.05) is 6.20 Å². The van der Waals surface area contributed by atoms with Crippen LogP contribution in [0.1, 0.15) is 31.9 Å². The molecule has 1 aliphatic heterocycles. The lowest BCUT2D eigenvalue weighted by atomic mass is 10.0. The molecule has 0 saturated carbocycles. The Hall–Kier alpha value is -3.07. The molecular formula is C24H23ClN6O2. The van der Waals surface area contributed by atoms with Gasteiger partial charge in [0.2, 0.25) is 0 Å². The van der Waals surface area contributed by atoms with Gasteiger partial charge in [-0.2, -0.15) is 0 Å². The zero-order valence-electron chi connectivity index (χ0n) is 18.3. The number of nitrogens with two attached hydrogens (primary N) is 1. The number of fused-ring (bicyclic) bond motifs is 3. The van der Waals surface area contributed by atoms with Crippen LogP contribution in [-0.4, -0.2) is 42.5 Å². The van der Waals surface area contributed by atoms with E-state index >= 15 is 0 Å². The fourth-order valence-electron chi connectivity index (χ4n) is 4.90. The molecule has 4 heterocycles. The lowest BCUT2D eigenvalue weighted by Gasteiger charge is -2.22. The Bertz CT molecular complexity index is 1410. The number of hydrogen-bond donors (Lipinski definition) is 1. The number of halogens is 1. The number of nitrogen functional groups attached to an aromatic ring is 1. The topological polar surface area (TPSA) is 101 Å². The highest BCUT2D eigenvalue weighted by Crippen LogP contribution is 2.45. The Labute approximate surface area is 195 Å². The Morgan fingerprint density at radius 3 is 2.85 bits per heavy atom. The lowest BCUT2D eigenvalue weighted by molar-refractivity contribution is -0.147. The molecule has 1 saturated heterocycles. The number of benzene rings is 1. The maximum atomic E-state index is 6.34. The first-order valence-electron chi connectivity index (χ1n) is 10.9. The summed E-state index contributed by atoms with van der Waals surface area (Å²) in [4.78, 5) is 17.3. The van der Waals surface area contributed by atoms with Crippen LogP contribution in [0.3, 0.4) is 0 Å². The minimum Gasteiger partial charge on any atom is -0.382 e. The van der Waals surface area contributed by atoms with E-state index in [0.717, 1.165) is 34.9 Å². The van der Waals surface area contributed by atoms with Crippen molar-refractivity contribution in [3.8, 4) is 0 Å². The van der Waals surface area contributed by atoms with E-state index in [1.165, 1.54) is 17.5 Å². The van der Waals surface area contributed by atoms with E-state index in [2.05, 4.69) is 42.7 Å². The first-order valence-corrected chi connectivity index (χ1v) is 11.3. The number of hydrogen-bond acceptors (Lipinski definition) is 7. The van der Waals surface area contributed by atoms with Crippen molar-refractivity contribution in [2.24, 2.45) is 0 Å². The number of aromatic nitrogens is 5. The molecule has 8 nitrogen and oxygen atoms in total. The largest absolute Gasteiger partial charge is 0.382 e. The van der Waals surface area contributed by atoms with Gasteiger partial charge in [-0.3, -0.25) is 4.98 Å². The molecular weight excluding hydrogens is 440 g/mol. The van der Waals surface area contributed by atoms with E-state index in [1.54, 1.807) is 6.20 Å². The number of nitrogens with zero attached hydrogens (tertiary/aromatic N) is 5. The van der Waals surface area contributed by atoms with Crippen LogP contribution in [0.5, 0.6) is 0 Å². The molecule has 0 radical (unpaired) electrons. The molecule has 2 N–H and O–H groups in total. The molecule has 1 fully saturated rings. The molecule has 6 rings (SSSR count). The van der Waals surface area contributed by atoms with Crippen LogP contribution in [0.2, 0.25) is 5.15 Å². The maximum absolute atomic E-state index is 6.34. The van der Waals surface area contributed by atoms with Crippen LogP contribution in [-0.2, 0) is 15.9 Å². The zero-order valence-corrected chi connectivity index (χ0v) is 19.0. The van der Waals surface area contributed by atoms with Gasteiger partial charge in [0.15, 0.2) is 5.79 Å². The summed E-state index contributed by atoms with van der Waals surface area (Å²) < 4.78 is 14.8. The average molecular weight is 463 g/mol. The molecule has 9 heteroatoms. The van der Waals surface area contributed by atoms with Crippen LogP contribution in [0.4, 0.5) is 5.82 Å². The van der Waals surface area contributed by atoms with Crippen LogP contribution in [0, 0.1) is 0 Å². The van der Waals surface area contributed by atoms with Crippen molar-refractivity contribution in [3.05, 3.63) is 65.4 Å². The van der Waals surface area contributed by atoms with Gasteiger partial charge in [0.1, 0.15) is 35.2 Å². The predicted molar refractivity (Wildman–Crippen MR) is 126 cm³/mol. The Morgan fingerprint density at radius 2 is 1.97 bits per heavy atom. The SMILES string of the molecule is CC1(C)O[C@@H]2[C@H](O1)C(CCc1ccc3ncc(N)nc3c1)=C[C@H]2n1ccc2c(Cl)ncnc21. The first kappa shape index (κ1) is 20.5. The van der Waals surface area contributed by atoms with Gasteiger partial charge in [-0.05, 0) is 56.0 Å². The fraction of sp³-hybridized carbons (Fsp3) is 0.333. The Kier molecular flexibility index (Phi) is 4.65. The molecule has 0 unspecified atom stereocenters. The monoisotopic (exact) mass is 462 g/mol. The summed E-state index contributed by atoms with van der Waals surface area (Å²) in [7, 11) is 0. The molecule has 4 aromatic rings. The van der Waals surface area contributed by atoms with Crippen LogP contribution in [0.15, 0.2) is 54.6 Å². The lowest BCUT2D eigenvalue weighted by Crippen LogP contribution is -2.27. The Morgan fingerprint density at radius 1 is 1.09 bits per heavy atom. The van der Waals surface area contributed by atoms with Crippen molar-refractivity contribution in [2.45, 2.75) is 50.7 Å². The quantitative estimate of drug-likeness (QED) is 0.357. The number of aryl methyl sites for hydroxylation is 1. The van der Waals surface area contributed by atoms with Crippen molar-refractivity contribution in [1.29, 1.82) is 0 Å². The third-order valence-corrected chi connectivity index (χ3v) is 6.63. The average Bonchev–Trinajstić information content (AvgIpc) is 3.43. The highest BCUT2D eigenvalue weighted by Gasteiger charge is 2.50. The summed E-state index contributed by atoms with van der Waals surface area (Å²) >= 11 is 6.28. The third kappa shape index (κ3) is 3.55. The second-order valence-electron chi connectivity index (χ2n) is 9.00. The van der Waals surface area contributed by atoms with Gasteiger partial charge in [-0.1, -0.05) is 23.7 Å². The minimum atomic E-state index is -0.654. The summed E-state index contributed by atoms with van der Waals surface area (Å²) in [6.45, 7) is 3.92. The van der Waals surface area contributed by atoms with Crippen molar-refractivity contribution in [1.82, 2.24) is 24.5 Å². The van der Waals surface area contributed by atoms with Crippen molar-refractivity contribution >= 4 is 39.5 Å². The second-order valence-corrected chi connectivity index (χ2v) is 9.35. The van der Waals surface area contributed by atoms with Crippen molar-refractivity contribution < 1.29 is 9.47 Å². The number of rotatable bonds is 4. The predicted octanol–water partition coefficient (Wildman–Crippen LogP) is 4.24. The number of anilines is 1. The summed E-state index contributed by atoms with van der Waals surface area (Å²) in [5.74, 6) is -0.232. The molecule has 0 spiro atoms. The molecule has 33 heavy (non-hydrogen) atoms. The minimum absolute atomic E-state index is 0.0440. The van der Waals surface area contributed by atoms with Gasteiger partial charge in [-0.15, -0.1) is 0 Å². The van der Waals surface area contributed by atoms with Crippen LogP contribution >= 0.6 is 11.6 Å². The number of ether oxygens (including phenoxy) is 2. The maximum Gasteiger partial charge on any atom is 0.164 e. The van der Waals surface area contributed by atoms with Gasteiger partial charge in [0.25, 0.3) is 0 Å². The fourth-order valence-corrected chi connectivity index (χ4v) is 5.09. The summed E-state index contributed by atoms with van der Waals surface area (Å²) in [6, 6.07) is 8.03. The summed E-state index contributed by atoms with van der Waals surface area (Å²) in [6.07, 6.45) is 8.74. The highest BCUT2D eigenvalue weighted by atomic mass is 35.5. The van der Waals surface area contributed by atoms with Gasteiger partial charge >= 0.3 is 0 Å². The molecule has 1 aliphatic carbocycles. The highest BCUT2D eigenvalue weighted by molar-refractivity contribution is 6.33. The van der Waals surface area contributed by atoms with E-state index in [-0.39, 0.29) is 18.2 Å². The molecule has 3 aromatic heterocycles. The molecule has 1 aromatic carbocycles. The van der Waals surface area contributed by atoms with E-state index in [9.17, 15) is 0 Å². The third-order valence-electron chi connectivity index (χ3n) is 6.33. The first-order chi connectivity index (χ1) is 15.9. The molecule has 0 amide bonds. The van der Waals surface area contributed by atoms with Gasteiger partial charge in [0.05, 0.1) is 28.7 Å².